The van der Waals surface area contributed by atoms with Crippen LogP contribution in [0.15, 0.2) is 0 Å². The van der Waals surface area contributed by atoms with Crippen LogP contribution in [-0.4, -0.2) is 5.48 Å². The molecule has 0 aromatic rings. The van der Waals surface area contributed by atoms with E-state index in [-0.39, 0.29) is 11.6 Å². The molecule has 0 aliphatic rings. The molecule has 6 N–H and O–H groups in total. The first-order valence-corrected chi connectivity index (χ1v) is 1.36. The molecule has 0 heterocycles. The fourth-order valence-corrected chi connectivity index (χ4v) is 0. The van der Waals surface area contributed by atoms with Gasteiger partial charge in [-0.15, -0.1) is 0 Å². The topological polar surface area (TPSA) is 85.1 Å². The van der Waals surface area contributed by atoms with Gasteiger partial charge in [0.25, 0.3) is 0 Å². The molecule has 4 heteroatoms. The van der Waals surface area contributed by atoms with Crippen molar-refractivity contribution in [1.29, 1.82) is 0 Å². The molecule has 0 fully saturated rings. The van der Waals surface area contributed by atoms with Crippen LogP contribution in [-0.2, 0) is 23.2 Å². The van der Waals surface area contributed by atoms with Gasteiger partial charge >= 0.3 is 23.2 Å². The molecule has 0 radical (unpaired) electrons. The van der Waals surface area contributed by atoms with E-state index in [9.17, 15) is 0 Å². The Bertz CT molecular complexity index is 6.00. The summed E-state index contributed by atoms with van der Waals surface area (Å²) < 4.78 is 8.33. The predicted molar refractivity (Wildman–Crippen MR) is 10.3 cm³/mol. The molecule has 0 aliphatic heterocycles. The Balaban J connectivity index is -0.00000000500. The van der Waals surface area contributed by atoms with Gasteiger partial charge in [-0.1, -0.05) is 0 Å². The molecule has 0 spiro atoms. The van der Waals surface area contributed by atoms with Gasteiger partial charge in [-0.05, 0) is 0 Å². The second-order valence-corrected chi connectivity index (χ2v) is 0. The van der Waals surface area contributed by atoms with Crippen LogP contribution < -0.4 is 6.15 Å². The van der Waals surface area contributed by atoms with Crippen LogP contribution in [0.3, 0.4) is 0 Å². The number of hydrogen-bond acceptors (Lipinski definition) is 1. The SMILES string of the molecule is O.[NH4+].[O]=[W+2]. The standard InChI is InChI=1S/H3N.H2O.O.W/h1H3;1H2;;/q;;;+2/p+1. The van der Waals surface area contributed by atoms with Gasteiger partial charge in [0.2, 0.25) is 0 Å². The fourth-order valence-electron chi connectivity index (χ4n) is 0. The van der Waals surface area contributed by atoms with E-state index in [1.54, 1.807) is 0 Å². The molecule has 0 amide bonds. The van der Waals surface area contributed by atoms with Crippen LogP contribution in [0.25, 0.3) is 0 Å². The first-order chi connectivity index (χ1) is 1.00. The van der Waals surface area contributed by atoms with Crippen LogP contribution >= 0.6 is 0 Å². The van der Waals surface area contributed by atoms with E-state index in [2.05, 4.69) is 0 Å². The average molecular weight is 236 g/mol. The molecule has 3 nitrogen and oxygen atoms in total. The van der Waals surface area contributed by atoms with Crippen molar-refractivity contribution in [3.8, 4) is 0 Å². The summed E-state index contributed by atoms with van der Waals surface area (Å²) in [5.41, 5.74) is 0. The van der Waals surface area contributed by atoms with Gasteiger partial charge in [0.1, 0.15) is 0 Å². The van der Waals surface area contributed by atoms with Gasteiger partial charge in [-0.25, -0.2) is 0 Å². The van der Waals surface area contributed by atoms with Crippen LogP contribution in [0.2, 0.25) is 0 Å². The first-order valence-electron chi connectivity index (χ1n) is 0.167. The van der Waals surface area contributed by atoms with Crippen molar-refractivity contribution in [3.63, 3.8) is 0 Å². The van der Waals surface area contributed by atoms with E-state index in [1.807, 2.05) is 0 Å². The Morgan fingerprint density at radius 3 is 1.25 bits per heavy atom. The second kappa shape index (κ2) is 119. The Morgan fingerprint density at radius 2 is 1.25 bits per heavy atom. The minimum atomic E-state index is 0. The van der Waals surface area contributed by atoms with Crippen molar-refractivity contribution in [2.45, 2.75) is 0 Å². The number of rotatable bonds is 0. The van der Waals surface area contributed by atoms with Gasteiger partial charge in [-0.2, -0.15) is 0 Å². The van der Waals surface area contributed by atoms with E-state index in [4.69, 9.17) is 3.40 Å². The molecular weight excluding hydrogens is 230 g/mol. The molecule has 0 atom stereocenters. The number of quaternary nitrogens is 1. The van der Waals surface area contributed by atoms with Crippen LogP contribution in [0.4, 0.5) is 0 Å². The molecular formula is H6NO2W+3. The van der Waals surface area contributed by atoms with Crippen LogP contribution in [0.5, 0.6) is 0 Å². The van der Waals surface area contributed by atoms with E-state index >= 15 is 0 Å². The number of hydrogen-bond donors (Lipinski definition) is 1. The summed E-state index contributed by atoms with van der Waals surface area (Å²) >= 11 is 0.333. The summed E-state index contributed by atoms with van der Waals surface area (Å²) in [5.74, 6) is 0. The summed E-state index contributed by atoms with van der Waals surface area (Å²) in [7, 11) is 0. The van der Waals surface area contributed by atoms with Crippen LogP contribution in [0.1, 0.15) is 0 Å². The first kappa shape index (κ1) is 25.8. The van der Waals surface area contributed by atoms with E-state index in [0.717, 1.165) is 0 Å². The zero-order chi connectivity index (χ0) is 2.00. The summed E-state index contributed by atoms with van der Waals surface area (Å²) in [6, 6.07) is 0. The van der Waals surface area contributed by atoms with E-state index in [0.29, 0.717) is 19.8 Å². The Morgan fingerprint density at radius 1 is 1.25 bits per heavy atom. The Hall–Kier alpha value is 0.408. The molecule has 0 unspecified atom stereocenters. The Labute approximate surface area is 35.5 Å². The van der Waals surface area contributed by atoms with Gasteiger partial charge in [0.05, 0.1) is 0 Å². The van der Waals surface area contributed by atoms with Crippen molar-refractivity contribution in [1.82, 2.24) is 6.15 Å². The summed E-state index contributed by atoms with van der Waals surface area (Å²) in [6.45, 7) is 0. The van der Waals surface area contributed by atoms with Gasteiger partial charge in [0, 0.05) is 0 Å². The zero-order valence-corrected chi connectivity index (χ0v) is 5.25. The van der Waals surface area contributed by atoms with Crippen molar-refractivity contribution >= 4 is 0 Å². The molecule has 0 aromatic heterocycles. The molecule has 0 aliphatic carbocycles. The molecule has 0 rings (SSSR count). The minimum absolute atomic E-state index is 0. The average Bonchev–Trinajstić information content (AvgIpc) is 1.00. The predicted octanol–water partition coefficient (Wildman–Crippen LogP) is -0.570. The van der Waals surface area contributed by atoms with E-state index in [1.165, 1.54) is 0 Å². The molecule has 0 saturated carbocycles. The third-order valence-corrected chi connectivity index (χ3v) is 0. The van der Waals surface area contributed by atoms with E-state index < -0.39 is 0 Å². The molecule has 0 bridgehead atoms. The molecule has 26 valence electrons. The van der Waals surface area contributed by atoms with Gasteiger partial charge in [-0.3, -0.25) is 0 Å². The third-order valence-electron chi connectivity index (χ3n) is 0. The van der Waals surface area contributed by atoms with Crippen LogP contribution in [0, 0.1) is 0 Å². The quantitative estimate of drug-likeness (QED) is 0.599. The maximum atomic E-state index is 8.33. The second-order valence-electron chi connectivity index (χ2n) is 0. The van der Waals surface area contributed by atoms with Crippen molar-refractivity contribution in [3.05, 3.63) is 0 Å². The zero-order valence-electron chi connectivity index (χ0n) is 2.32. The molecule has 0 aromatic carbocycles. The van der Waals surface area contributed by atoms with Crippen molar-refractivity contribution in [2.75, 3.05) is 0 Å². The molecule has 4 heavy (non-hydrogen) atoms. The van der Waals surface area contributed by atoms with Gasteiger partial charge in [0.15, 0.2) is 0 Å². The summed E-state index contributed by atoms with van der Waals surface area (Å²) in [6.07, 6.45) is 0. The Kier molecular flexibility index (Phi) is 765. The fraction of sp³-hybridized carbons (Fsp3) is 0. The summed E-state index contributed by atoms with van der Waals surface area (Å²) in [5, 5.41) is 0. The van der Waals surface area contributed by atoms with Crippen molar-refractivity contribution in [2.24, 2.45) is 0 Å². The maximum absolute atomic E-state index is 8.33. The van der Waals surface area contributed by atoms with Crippen molar-refractivity contribution < 1.29 is 28.7 Å². The summed E-state index contributed by atoms with van der Waals surface area (Å²) in [4.78, 5) is 0. The van der Waals surface area contributed by atoms with Gasteiger partial charge < -0.3 is 11.6 Å². The third kappa shape index (κ3) is 28.7. The normalized spacial score (nSPS) is 0.750. The molecule has 0 saturated heterocycles. The monoisotopic (exact) mass is 236 g/mol.